The van der Waals surface area contributed by atoms with Crippen LogP contribution in [0.25, 0.3) is 0 Å². The van der Waals surface area contributed by atoms with E-state index in [2.05, 4.69) is 0 Å². The number of carboxylic acids is 1. The zero-order valence-corrected chi connectivity index (χ0v) is 13.7. The first-order valence-corrected chi connectivity index (χ1v) is 8.21. The van der Waals surface area contributed by atoms with Crippen molar-refractivity contribution in [2.24, 2.45) is 5.92 Å². The maximum absolute atomic E-state index is 12.2. The first-order chi connectivity index (χ1) is 9.17. The van der Waals surface area contributed by atoms with E-state index in [-0.39, 0.29) is 17.4 Å². The molecule has 1 fully saturated rings. The fraction of sp³-hybridized carbons (Fsp3) is 0.857. The molecule has 0 aliphatic carbocycles. The van der Waals surface area contributed by atoms with Gasteiger partial charge in [0.15, 0.2) is 0 Å². The molecule has 0 radical (unpaired) electrons. The summed E-state index contributed by atoms with van der Waals surface area (Å²) in [6, 6.07) is -0.0639. The molecule has 5 nitrogen and oxygen atoms in total. The number of ether oxygens (including phenoxy) is 1. The lowest BCUT2D eigenvalue weighted by atomic mass is 9.99. The van der Waals surface area contributed by atoms with Gasteiger partial charge < -0.3 is 14.7 Å². The molecule has 0 spiro atoms. The van der Waals surface area contributed by atoms with Crippen molar-refractivity contribution in [2.45, 2.75) is 57.4 Å². The number of carbonyl (C=O) groups is 2. The van der Waals surface area contributed by atoms with Crippen LogP contribution in [0.15, 0.2) is 0 Å². The van der Waals surface area contributed by atoms with Gasteiger partial charge in [-0.25, -0.2) is 4.79 Å². The van der Waals surface area contributed by atoms with E-state index < -0.39 is 17.5 Å². The zero-order chi connectivity index (χ0) is 15.5. The van der Waals surface area contributed by atoms with Crippen molar-refractivity contribution in [3.05, 3.63) is 0 Å². The molecular weight excluding hydrogens is 278 g/mol. The third-order valence-electron chi connectivity index (χ3n) is 3.46. The molecule has 1 aliphatic heterocycles. The van der Waals surface area contributed by atoms with E-state index in [1.807, 2.05) is 27.0 Å². The Hall–Kier alpha value is -0.910. The Morgan fingerprint density at radius 1 is 1.40 bits per heavy atom. The van der Waals surface area contributed by atoms with Gasteiger partial charge in [0.25, 0.3) is 0 Å². The van der Waals surface area contributed by atoms with Crippen LogP contribution in [-0.2, 0) is 9.53 Å². The summed E-state index contributed by atoms with van der Waals surface area (Å²) in [5, 5.41) is 9.10. The fourth-order valence-corrected chi connectivity index (χ4v) is 3.64. The summed E-state index contributed by atoms with van der Waals surface area (Å²) < 4.78 is 5.42. The van der Waals surface area contributed by atoms with Crippen molar-refractivity contribution < 1.29 is 19.4 Å². The molecule has 116 valence electrons. The summed E-state index contributed by atoms with van der Waals surface area (Å²) in [5.74, 6) is -1.31. The highest BCUT2D eigenvalue weighted by Gasteiger charge is 2.40. The SMILES string of the molecule is CS[C@H]([C@H](C)C(=O)O)[C@@H]1CCCN1C(=O)OC(C)(C)C. The molecule has 1 N–H and O–H groups in total. The van der Waals surface area contributed by atoms with Crippen molar-refractivity contribution in [1.29, 1.82) is 0 Å². The quantitative estimate of drug-likeness (QED) is 0.865. The molecular formula is C14H25NO4S. The summed E-state index contributed by atoms with van der Waals surface area (Å²) in [5.41, 5.74) is -0.530. The highest BCUT2D eigenvalue weighted by molar-refractivity contribution is 7.99. The maximum atomic E-state index is 12.2. The smallest absolute Gasteiger partial charge is 0.410 e. The van der Waals surface area contributed by atoms with Gasteiger partial charge in [0.05, 0.1) is 5.92 Å². The Kier molecular flexibility index (Phi) is 5.74. The number of amides is 1. The Labute approximate surface area is 125 Å². The van der Waals surface area contributed by atoms with Crippen LogP contribution < -0.4 is 0 Å². The van der Waals surface area contributed by atoms with E-state index >= 15 is 0 Å². The third-order valence-corrected chi connectivity index (χ3v) is 4.73. The molecule has 6 heteroatoms. The number of aliphatic carboxylic acids is 1. The van der Waals surface area contributed by atoms with E-state index in [0.717, 1.165) is 12.8 Å². The second-order valence-corrected chi connectivity index (χ2v) is 7.23. The third kappa shape index (κ3) is 4.30. The van der Waals surface area contributed by atoms with Gasteiger partial charge >= 0.3 is 12.1 Å². The van der Waals surface area contributed by atoms with E-state index in [0.29, 0.717) is 6.54 Å². The Morgan fingerprint density at radius 3 is 2.45 bits per heavy atom. The molecule has 0 unspecified atom stereocenters. The van der Waals surface area contributed by atoms with Crippen LogP contribution in [0.5, 0.6) is 0 Å². The zero-order valence-electron chi connectivity index (χ0n) is 12.9. The molecule has 1 heterocycles. The summed E-state index contributed by atoms with van der Waals surface area (Å²) >= 11 is 1.51. The minimum Gasteiger partial charge on any atom is -0.481 e. The Bertz CT molecular complexity index is 367. The maximum Gasteiger partial charge on any atom is 0.410 e. The van der Waals surface area contributed by atoms with Crippen LogP contribution in [0.3, 0.4) is 0 Å². The first kappa shape index (κ1) is 17.1. The van der Waals surface area contributed by atoms with Crippen LogP contribution >= 0.6 is 11.8 Å². The van der Waals surface area contributed by atoms with Crippen molar-refractivity contribution in [1.82, 2.24) is 4.90 Å². The van der Waals surface area contributed by atoms with Gasteiger partial charge in [-0.05, 0) is 39.9 Å². The molecule has 1 amide bonds. The van der Waals surface area contributed by atoms with Gasteiger partial charge in [0.1, 0.15) is 5.60 Å². The highest BCUT2D eigenvalue weighted by atomic mass is 32.2. The van der Waals surface area contributed by atoms with Crippen molar-refractivity contribution in [2.75, 3.05) is 12.8 Å². The monoisotopic (exact) mass is 303 g/mol. The van der Waals surface area contributed by atoms with Gasteiger partial charge in [-0.15, -0.1) is 0 Å². The van der Waals surface area contributed by atoms with Crippen LogP contribution in [-0.4, -0.2) is 51.8 Å². The first-order valence-electron chi connectivity index (χ1n) is 6.92. The molecule has 0 aromatic carbocycles. The number of carbonyl (C=O) groups excluding carboxylic acids is 1. The number of likely N-dealkylation sites (tertiary alicyclic amines) is 1. The number of hydrogen-bond acceptors (Lipinski definition) is 4. The number of nitrogens with zero attached hydrogens (tertiary/aromatic N) is 1. The lowest BCUT2D eigenvalue weighted by Gasteiger charge is -2.34. The molecule has 0 saturated carbocycles. The van der Waals surface area contributed by atoms with Gasteiger partial charge in [0.2, 0.25) is 0 Å². The number of hydrogen-bond donors (Lipinski definition) is 1. The number of carboxylic acid groups (broad SMARTS) is 1. The Morgan fingerprint density at radius 2 is 2.00 bits per heavy atom. The second-order valence-electron chi connectivity index (χ2n) is 6.21. The topological polar surface area (TPSA) is 66.8 Å². The van der Waals surface area contributed by atoms with E-state index in [9.17, 15) is 14.7 Å². The summed E-state index contributed by atoms with van der Waals surface area (Å²) in [6.07, 6.45) is 3.29. The summed E-state index contributed by atoms with van der Waals surface area (Å²) in [7, 11) is 0. The van der Waals surface area contributed by atoms with Crippen LogP contribution in [0.1, 0.15) is 40.5 Å². The lowest BCUT2D eigenvalue weighted by Crippen LogP contribution is -2.47. The standard InChI is InChI=1S/C14H25NO4S/c1-9(12(16)17)11(20-5)10-7-6-8-15(10)13(18)19-14(2,3)4/h9-11H,6-8H2,1-5H3,(H,16,17)/t9-,10-,11+/m0/s1. The number of thioether (sulfide) groups is 1. The van der Waals surface area contributed by atoms with E-state index in [1.54, 1.807) is 11.8 Å². The van der Waals surface area contributed by atoms with Crippen molar-refractivity contribution in [3.63, 3.8) is 0 Å². The van der Waals surface area contributed by atoms with Gasteiger partial charge in [-0.3, -0.25) is 4.79 Å². The van der Waals surface area contributed by atoms with Crippen LogP contribution in [0, 0.1) is 5.92 Å². The van der Waals surface area contributed by atoms with E-state index in [4.69, 9.17) is 4.74 Å². The van der Waals surface area contributed by atoms with Crippen molar-refractivity contribution in [3.8, 4) is 0 Å². The predicted octanol–water partition coefficient (Wildman–Crippen LogP) is 2.84. The van der Waals surface area contributed by atoms with Crippen LogP contribution in [0.4, 0.5) is 4.79 Å². The second kappa shape index (κ2) is 6.70. The largest absolute Gasteiger partial charge is 0.481 e. The normalized spacial score (nSPS) is 22.4. The predicted molar refractivity (Wildman–Crippen MR) is 80.1 cm³/mol. The van der Waals surface area contributed by atoms with Gasteiger partial charge in [0, 0.05) is 17.8 Å². The molecule has 3 atom stereocenters. The molecule has 1 saturated heterocycles. The molecule has 0 bridgehead atoms. The average molecular weight is 303 g/mol. The lowest BCUT2D eigenvalue weighted by molar-refractivity contribution is -0.141. The van der Waals surface area contributed by atoms with E-state index in [1.165, 1.54) is 11.8 Å². The minimum atomic E-state index is -0.819. The van der Waals surface area contributed by atoms with Crippen molar-refractivity contribution >= 4 is 23.8 Å². The molecule has 0 aromatic heterocycles. The average Bonchev–Trinajstić information content (AvgIpc) is 2.76. The summed E-state index contributed by atoms with van der Waals surface area (Å²) in [6.45, 7) is 7.85. The highest BCUT2D eigenvalue weighted by Crippen LogP contribution is 2.32. The van der Waals surface area contributed by atoms with Gasteiger partial charge in [-0.1, -0.05) is 6.92 Å². The van der Waals surface area contributed by atoms with Gasteiger partial charge in [-0.2, -0.15) is 11.8 Å². The molecule has 1 rings (SSSR count). The Balaban J connectivity index is 2.82. The molecule has 0 aromatic rings. The minimum absolute atomic E-state index is 0.0639. The fourth-order valence-electron chi connectivity index (χ4n) is 2.52. The molecule has 1 aliphatic rings. The molecule has 20 heavy (non-hydrogen) atoms. The summed E-state index contributed by atoms with van der Waals surface area (Å²) in [4.78, 5) is 25.1. The number of rotatable bonds is 4. The van der Waals surface area contributed by atoms with Crippen LogP contribution in [0.2, 0.25) is 0 Å².